The monoisotopic (exact) mass is 287 g/mol. The summed E-state index contributed by atoms with van der Waals surface area (Å²) in [6.07, 6.45) is 1.90. The smallest absolute Gasteiger partial charge is 0.231 e. The molecule has 112 valence electrons. The van der Waals surface area contributed by atoms with Crippen molar-refractivity contribution in [1.29, 1.82) is 0 Å². The van der Waals surface area contributed by atoms with Crippen molar-refractivity contribution in [2.24, 2.45) is 0 Å². The number of benzene rings is 1. The number of hydrogen-bond acceptors (Lipinski definition) is 4. The van der Waals surface area contributed by atoms with Crippen LogP contribution in [0.25, 0.3) is 0 Å². The van der Waals surface area contributed by atoms with Crippen LogP contribution in [0.5, 0.6) is 11.5 Å². The second-order valence-electron chi connectivity index (χ2n) is 6.31. The second kappa shape index (κ2) is 5.41. The molecule has 0 fully saturated rings. The molecule has 0 spiro atoms. The zero-order valence-corrected chi connectivity index (χ0v) is 12.7. The molecular weight excluding hydrogens is 266 g/mol. The Morgan fingerprint density at radius 2 is 2.00 bits per heavy atom. The molecule has 1 aromatic heterocycles. The van der Waals surface area contributed by atoms with Gasteiger partial charge in [0.25, 0.3) is 0 Å². The summed E-state index contributed by atoms with van der Waals surface area (Å²) in [5, 5.41) is 10.7. The molecular formula is C16H21N3O2. The van der Waals surface area contributed by atoms with Gasteiger partial charge < -0.3 is 14.8 Å². The zero-order valence-electron chi connectivity index (χ0n) is 12.7. The summed E-state index contributed by atoms with van der Waals surface area (Å²) >= 11 is 0. The van der Waals surface area contributed by atoms with Crippen LogP contribution in [0.3, 0.4) is 0 Å². The Bertz CT molecular complexity index is 629. The van der Waals surface area contributed by atoms with Crippen molar-refractivity contribution in [2.45, 2.75) is 39.3 Å². The predicted octanol–water partition coefficient (Wildman–Crippen LogP) is 2.73. The lowest BCUT2D eigenvalue weighted by atomic mass is 9.89. The molecule has 0 atom stereocenters. The molecule has 2 heterocycles. The molecule has 2 aromatic rings. The summed E-state index contributed by atoms with van der Waals surface area (Å²) in [6, 6.07) is 6.04. The summed E-state index contributed by atoms with van der Waals surface area (Å²) < 4.78 is 10.7. The van der Waals surface area contributed by atoms with Crippen LogP contribution in [0.1, 0.15) is 37.6 Å². The third-order valence-electron chi connectivity index (χ3n) is 3.55. The average Bonchev–Trinajstić information content (AvgIpc) is 3.05. The van der Waals surface area contributed by atoms with Crippen molar-refractivity contribution >= 4 is 0 Å². The van der Waals surface area contributed by atoms with Gasteiger partial charge in [0.05, 0.1) is 6.20 Å². The first kappa shape index (κ1) is 13.9. The quantitative estimate of drug-likeness (QED) is 0.907. The highest BCUT2D eigenvalue weighted by atomic mass is 16.7. The largest absolute Gasteiger partial charge is 0.454 e. The van der Waals surface area contributed by atoms with Crippen molar-refractivity contribution in [3.8, 4) is 11.5 Å². The van der Waals surface area contributed by atoms with Gasteiger partial charge in [-0.15, -0.1) is 0 Å². The molecule has 5 heteroatoms. The van der Waals surface area contributed by atoms with E-state index in [4.69, 9.17) is 9.47 Å². The van der Waals surface area contributed by atoms with Crippen LogP contribution in [0, 0.1) is 0 Å². The van der Waals surface area contributed by atoms with E-state index >= 15 is 0 Å². The maximum Gasteiger partial charge on any atom is 0.231 e. The molecule has 5 nitrogen and oxygen atoms in total. The molecule has 0 saturated heterocycles. The number of aromatic amines is 1. The topological polar surface area (TPSA) is 59.2 Å². The minimum atomic E-state index is 0.0757. The standard InChI is InChI=1S/C16H21N3O2/c1-16(2,3)15-12(9-18-19-15)8-17-7-11-4-5-13-14(6-11)21-10-20-13/h4-6,9,17H,7-8,10H2,1-3H3,(H,18,19). The van der Waals surface area contributed by atoms with Crippen molar-refractivity contribution in [1.82, 2.24) is 15.5 Å². The molecule has 0 bridgehead atoms. The Hall–Kier alpha value is -2.01. The van der Waals surface area contributed by atoms with Crippen LogP contribution in [0.15, 0.2) is 24.4 Å². The SMILES string of the molecule is CC(C)(C)c1[nH]ncc1CNCc1ccc2c(c1)OCO2. The van der Waals surface area contributed by atoms with Crippen molar-refractivity contribution in [3.63, 3.8) is 0 Å². The number of rotatable bonds is 4. The van der Waals surface area contributed by atoms with Crippen molar-refractivity contribution in [2.75, 3.05) is 6.79 Å². The van der Waals surface area contributed by atoms with Crippen molar-refractivity contribution < 1.29 is 9.47 Å². The molecule has 3 rings (SSSR count). The fraction of sp³-hybridized carbons (Fsp3) is 0.438. The van der Waals surface area contributed by atoms with Crippen LogP contribution >= 0.6 is 0 Å². The molecule has 0 unspecified atom stereocenters. The normalized spacial score (nSPS) is 13.7. The van der Waals surface area contributed by atoms with E-state index in [-0.39, 0.29) is 5.41 Å². The van der Waals surface area contributed by atoms with Gasteiger partial charge in [0, 0.05) is 29.8 Å². The van der Waals surface area contributed by atoms with Gasteiger partial charge in [-0.1, -0.05) is 26.8 Å². The van der Waals surface area contributed by atoms with Gasteiger partial charge in [-0.05, 0) is 17.7 Å². The maximum absolute atomic E-state index is 5.39. The number of fused-ring (bicyclic) bond motifs is 1. The Morgan fingerprint density at radius 1 is 1.19 bits per heavy atom. The van der Waals surface area contributed by atoms with Gasteiger partial charge in [0.15, 0.2) is 11.5 Å². The maximum atomic E-state index is 5.39. The second-order valence-corrected chi connectivity index (χ2v) is 6.31. The van der Waals surface area contributed by atoms with Crippen LogP contribution in [-0.4, -0.2) is 17.0 Å². The van der Waals surface area contributed by atoms with E-state index in [1.165, 1.54) is 16.8 Å². The van der Waals surface area contributed by atoms with Gasteiger partial charge >= 0.3 is 0 Å². The van der Waals surface area contributed by atoms with E-state index in [0.29, 0.717) is 6.79 Å². The van der Waals surface area contributed by atoms with E-state index in [1.54, 1.807) is 0 Å². The average molecular weight is 287 g/mol. The minimum Gasteiger partial charge on any atom is -0.454 e. The molecule has 2 N–H and O–H groups in total. The fourth-order valence-corrected chi connectivity index (χ4v) is 2.49. The van der Waals surface area contributed by atoms with Gasteiger partial charge in [-0.3, -0.25) is 5.10 Å². The van der Waals surface area contributed by atoms with Crippen LogP contribution in [-0.2, 0) is 18.5 Å². The first-order valence-electron chi connectivity index (χ1n) is 7.16. The van der Waals surface area contributed by atoms with Gasteiger partial charge in [-0.2, -0.15) is 5.10 Å². The van der Waals surface area contributed by atoms with E-state index in [1.807, 2.05) is 18.3 Å². The first-order chi connectivity index (χ1) is 10.0. The lowest BCUT2D eigenvalue weighted by Crippen LogP contribution is -2.18. The van der Waals surface area contributed by atoms with Gasteiger partial charge in [-0.25, -0.2) is 0 Å². The van der Waals surface area contributed by atoms with Gasteiger partial charge in [0.1, 0.15) is 0 Å². The summed E-state index contributed by atoms with van der Waals surface area (Å²) in [4.78, 5) is 0. The predicted molar refractivity (Wildman–Crippen MR) is 80.4 cm³/mol. The van der Waals surface area contributed by atoms with Crippen LogP contribution in [0.4, 0.5) is 0 Å². The lowest BCUT2D eigenvalue weighted by molar-refractivity contribution is 0.174. The number of nitrogens with one attached hydrogen (secondary N) is 2. The number of nitrogens with zero attached hydrogens (tertiary/aromatic N) is 1. The Morgan fingerprint density at radius 3 is 2.81 bits per heavy atom. The highest BCUT2D eigenvalue weighted by molar-refractivity contribution is 5.44. The lowest BCUT2D eigenvalue weighted by Gasteiger charge is -2.18. The Balaban J connectivity index is 1.61. The number of H-pyrrole nitrogens is 1. The van der Waals surface area contributed by atoms with Crippen LogP contribution < -0.4 is 14.8 Å². The molecule has 0 amide bonds. The summed E-state index contributed by atoms with van der Waals surface area (Å²) in [5.41, 5.74) is 3.65. The molecule has 0 radical (unpaired) electrons. The summed E-state index contributed by atoms with van der Waals surface area (Å²) in [5.74, 6) is 1.65. The highest BCUT2D eigenvalue weighted by Crippen LogP contribution is 2.32. The fourth-order valence-electron chi connectivity index (χ4n) is 2.49. The highest BCUT2D eigenvalue weighted by Gasteiger charge is 2.19. The van der Waals surface area contributed by atoms with E-state index < -0.39 is 0 Å². The van der Waals surface area contributed by atoms with E-state index in [0.717, 1.165) is 24.6 Å². The number of ether oxygens (including phenoxy) is 2. The molecule has 0 saturated carbocycles. The van der Waals surface area contributed by atoms with Crippen molar-refractivity contribution in [3.05, 3.63) is 41.2 Å². The molecule has 21 heavy (non-hydrogen) atoms. The van der Waals surface area contributed by atoms with E-state index in [2.05, 4.69) is 42.4 Å². The number of aromatic nitrogens is 2. The zero-order chi connectivity index (χ0) is 14.9. The Kier molecular flexibility index (Phi) is 3.59. The molecule has 1 aliphatic rings. The summed E-state index contributed by atoms with van der Waals surface area (Å²) in [7, 11) is 0. The third-order valence-corrected chi connectivity index (χ3v) is 3.55. The molecule has 1 aliphatic heterocycles. The Labute approximate surface area is 124 Å². The van der Waals surface area contributed by atoms with E-state index in [9.17, 15) is 0 Å². The first-order valence-corrected chi connectivity index (χ1v) is 7.16. The third kappa shape index (κ3) is 3.03. The van der Waals surface area contributed by atoms with Crippen LogP contribution in [0.2, 0.25) is 0 Å². The molecule has 1 aromatic carbocycles. The minimum absolute atomic E-state index is 0.0757. The molecule has 0 aliphatic carbocycles. The summed E-state index contributed by atoms with van der Waals surface area (Å²) in [6.45, 7) is 8.44. The van der Waals surface area contributed by atoms with Gasteiger partial charge in [0.2, 0.25) is 6.79 Å². The number of hydrogen-bond donors (Lipinski definition) is 2.